The summed E-state index contributed by atoms with van der Waals surface area (Å²) in [5, 5.41) is 0. The lowest BCUT2D eigenvalue weighted by atomic mass is 10.0. The lowest BCUT2D eigenvalue weighted by molar-refractivity contribution is -0.139. The van der Waals surface area contributed by atoms with Gasteiger partial charge in [-0.1, -0.05) is 30.3 Å². The molecule has 1 aromatic heterocycles. The molecule has 0 aliphatic rings. The molecule has 110 valence electrons. The van der Waals surface area contributed by atoms with Crippen LogP contribution < -0.4 is 0 Å². The van der Waals surface area contributed by atoms with Gasteiger partial charge in [-0.25, -0.2) is 4.98 Å². The number of methoxy groups -OCH3 is 1. The average Bonchev–Trinajstić information content (AvgIpc) is 2.96. The van der Waals surface area contributed by atoms with Crippen molar-refractivity contribution in [2.75, 3.05) is 7.11 Å². The minimum absolute atomic E-state index is 0.0494. The van der Waals surface area contributed by atoms with Crippen molar-refractivity contribution < 1.29 is 14.3 Å². The molecule has 0 aliphatic carbocycles. The predicted octanol–water partition coefficient (Wildman–Crippen LogP) is 2.51. The molecule has 0 saturated heterocycles. The Kier molecular flexibility index (Phi) is 3.70. The van der Waals surface area contributed by atoms with E-state index in [1.165, 1.54) is 7.11 Å². The van der Waals surface area contributed by atoms with Gasteiger partial charge in [0.05, 0.1) is 18.1 Å². The van der Waals surface area contributed by atoms with Crippen LogP contribution in [0.25, 0.3) is 11.0 Å². The van der Waals surface area contributed by atoms with Crippen LogP contribution in [0.5, 0.6) is 0 Å². The zero-order valence-corrected chi connectivity index (χ0v) is 12.0. The Morgan fingerprint density at radius 2 is 1.86 bits per heavy atom. The second kappa shape index (κ2) is 5.81. The third kappa shape index (κ3) is 2.74. The maximum Gasteiger partial charge on any atom is 0.313 e. The molecule has 5 nitrogen and oxygen atoms in total. The van der Waals surface area contributed by atoms with Gasteiger partial charge in [-0.05, 0) is 18.2 Å². The number of aromatic nitrogens is 2. The third-order valence-electron chi connectivity index (χ3n) is 3.37. The highest BCUT2D eigenvalue weighted by molar-refractivity contribution is 6.10. The highest BCUT2D eigenvalue weighted by atomic mass is 16.5. The van der Waals surface area contributed by atoms with Crippen LogP contribution in [0.4, 0.5) is 0 Å². The zero-order valence-electron chi connectivity index (χ0n) is 12.0. The molecule has 1 N–H and O–H groups in total. The minimum atomic E-state index is -0.361. The van der Waals surface area contributed by atoms with Gasteiger partial charge in [-0.3, -0.25) is 9.59 Å². The predicted molar refractivity (Wildman–Crippen MR) is 81.7 cm³/mol. The first-order chi connectivity index (χ1) is 10.7. The highest BCUT2D eigenvalue weighted by Gasteiger charge is 2.12. The number of carbonyl (C=O) groups excluding carboxylic acids is 2. The van der Waals surface area contributed by atoms with E-state index in [-0.39, 0.29) is 18.2 Å². The van der Waals surface area contributed by atoms with Crippen LogP contribution in [-0.4, -0.2) is 28.8 Å². The number of hydrogen-bond acceptors (Lipinski definition) is 4. The number of ether oxygens (including phenoxy) is 1. The SMILES string of the molecule is COC(=O)Cc1nc2ccc(C(=O)c3ccccc3)cc2[nH]1. The van der Waals surface area contributed by atoms with E-state index in [4.69, 9.17) is 0 Å². The first-order valence-electron chi connectivity index (χ1n) is 6.82. The maximum atomic E-state index is 12.4. The molecule has 0 amide bonds. The Morgan fingerprint density at radius 1 is 1.09 bits per heavy atom. The second-order valence-electron chi connectivity index (χ2n) is 4.86. The monoisotopic (exact) mass is 294 g/mol. The Labute approximate surface area is 126 Å². The molecule has 5 heteroatoms. The van der Waals surface area contributed by atoms with Crippen molar-refractivity contribution in [3.63, 3.8) is 0 Å². The average molecular weight is 294 g/mol. The molecule has 3 rings (SSSR count). The summed E-state index contributed by atoms with van der Waals surface area (Å²) in [6, 6.07) is 14.3. The summed E-state index contributed by atoms with van der Waals surface area (Å²) in [7, 11) is 1.33. The number of nitrogens with zero attached hydrogens (tertiary/aromatic N) is 1. The molecular weight excluding hydrogens is 280 g/mol. The second-order valence-corrected chi connectivity index (χ2v) is 4.86. The fraction of sp³-hybridized carbons (Fsp3) is 0.118. The van der Waals surface area contributed by atoms with E-state index in [1.54, 1.807) is 30.3 Å². The lowest BCUT2D eigenvalue weighted by Crippen LogP contribution is -2.05. The quantitative estimate of drug-likeness (QED) is 0.593. The highest BCUT2D eigenvalue weighted by Crippen LogP contribution is 2.17. The first kappa shape index (κ1) is 14.0. The normalized spacial score (nSPS) is 10.6. The minimum Gasteiger partial charge on any atom is -0.469 e. The summed E-state index contributed by atoms with van der Waals surface area (Å²) in [4.78, 5) is 31.0. The van der Waals surface area contributed by atoms with Crippen molar-refractivity contribution in [1.29, 1.82) is 0 Å². The Morgan fingerprint density at radius 3 is 2.59 bits per heavy atom. The van der Waals surface area contributed by atoms with Crippen LogP contribution in [0.2, 0.25) is 0 Å². The van der Waals surface area contributed by atoms with Gasteiger partial charge < -0.3 is 9.72 Å². The van der Waals surface area contributed by atoms with E-state index in [2.05, 4.69) is 14.7 Å². The third-order valence-corrected chi connectivity index (χ3v) is 3.37. The Balaban J connectivity index is 1.93. The topological polar surface area (TPSA) is 72.0 Å². The largest absolute Gasteiger partial charge is 0.469 e. The van der Waals surface area contributed by atoms with Crippen LogP contribution in [-0.2, 0) is 16.0 Å². The van der Waals surface area contributed by atoms with Crippen molar-refractivity contribution in [2.24, 2.45) is 0 Å². The number of fused-ring (bicyclic) bond motifs is 1. The van der Waals surface area contributed by atoms with E-state index in [9.17, 15) is 9.59 Å². The van der Waals surface area contributed by atoms with E-state index in [1.807, 2.05) is 18.2 Å². The maximum absolute atomic E-state index is 12.4. The lowest BCUT2D eigenvalue weighted by Gasteiger charge is -2.00. The summed E-state index contributed by atoms with van der Waals surface area (Å²) >= 11 is 0. The molecule has 0 radical (unpaired) electrons. The summed E-state index contributed by atoms with van der Waals surface area (Å²) in [6.07, 6.45) is 0.0765. The van der Waals surface area contributed by atoms with Gasteiger partial charge in [0.15, 0.2) is 5.78 Å². The van der Waals surface area contributed by atoms with Crippen molar-refractivity contribution in [2.45, 2.75) is 6.42 Å². The van der Waals surface area contributed by atoms with Crippen molar-refractivity contribution in [3.8, 4) is 0 Å². The van der Waals surface area contributed by atoms with Gasteiger partial charge in [0.2, 0.25) is 0 Å². The first-order valence-corrected chi connectivity index (χ1v) is 6.82. The van der Waals surface area contributed by atoms with Crippen LogP contribution >= 0.6 is 0 Å². The molecule has 0 atom stereocenters. The molecule has 0 aliphatic heterocycles. The molecule has 0 bridgehead atoms. The zero-order chi connectivity index (χ0) is 15.5. The number of H-pyrrole nitrogens is 1. The Bertz CT molecular complexity index is 837. The number of aromatic amines is 1. The summed E-state index contributed by atoms with van der Waals surface area (Å²) < 4.78 is 4.62. The number of benzene rings is 2. The van der Waals surface area contributed by atoms with Crippen molar-refractivity contribution in [1.82, 2.24) is 9.97 Å². The van der Waals surface area contributed by atoms with Gasteiger partial charge in [0, 0.05) is 11.1 Å². The molecule has 0 saturated carbocycles. The van der Waals surface area contributed by atoms with Crippen molar-refractivity contribution >= 4 is 22.8 Å². The van der Waals surface area contributed by atoms with Crippen LogP contribution in [0.3, 0.4) is 0 Å². The summed E-state index contributed by atoms with van der Waals surface area (Å²) in [5.41, 5.74) is 2.65. The summed E-state index contributed by atoms with van der Waals surface area (Å²) in [5.74, 6) is 0.109. The van der Waals surface area contributed by atoms with Gasteiger partial charge >= 0.3 is 5.97 Å². The van der Waals surface area contributed by atoms with Crippen LogP contribution in [0.15, 0.2) is 48.5 Å². The molecule has 22 heavy (non-hydrogen) atoms. The van der Waals surface area contributed by atoms with Crippen LogP contribution in [0.1, 0.15) is 21.7 Å². The number of hydrogen-bond donors (Lipinski definition) is 1. The number of carbonyl (C=O) groups is 2. The van der Waals surface area contributed by atoms with Gasteiger partial charge in [-0.2, -0.15) is 0 Å². The van der Waals surface area contributed by atoms with Gasteiger partial charge in [-0.15, -0.1) is 0 Å². The number of ketones is 1. The Hall–Kier alpha value is -2.95. The summed E-state index contributed by atoms with van der Waals surface area (Å²) in [6.45, 7) is 0. The van der Waals surface area contributed by atoms with Crippen LogP contribution in [0, 0.1) is 0 Å². The molecular formula is C17H14N2O3. The van der Waals surface area contributed by atoms with Gasteiger partial charge in [0.1, 0.15) is 12.2 Å². The molecule has 1 heterocycles. The molecule has 0 unspecified atom stereocenters. The van der Waals surface area contributed by atoms with E-state index in [0.717, 1.165) is 5.52 Å². The van der Waals surface area contributed by atoms with Gasteiger partial charge in [0.25, 0.3) is 0 Å². The molecule has 2 aromatic carbocycles. The van der Waals surface area contributed by atoms with E-state index in [0.29, 0.717) is 22.5 Å². The molecule has 0 spiro atoms. The van der Waals surface area contributed by atoms with E-state index < -0.39 is 0 Å². The number of nitrogens with one attached hydrogen (secondary N) is 1. The fourth-order valence-electron chi connectivity index (χ4n) is 2.25. The fourth-order valence-corrected chi connectivity index (χ4v) is 2.25. The number of imidazole rings is 1. The smallest absolute Gasteiger partial charge is 0.313 e. The number of rotatable bonds is 4. The molecule has 3 aromatic rings. The standard InChI is InChI=1S/C17H14N2O3/c1-22-16(20)10-15-18-13-8-7-12(9-14(13)19-15)17(21)11-5-3-2-4-6-11/h2-9H,10H2,1H3,(H,18,19). The number of esters is 1. The van der Waals surface area contributed by atoms with Crippen molar-refractivity contribution in [3.05, 3.63) is 65.5 Å². The van der Waals surface area contributed by atoms with E-state index >= 15 is 0 Å². The molecule has 0 fully saturated rings.